The van der Waals surface area contributed by atoms with Crippen molar-refractivity contribution < 1.29 is 13.9 Å². The Kier molecular flexibility index (Phi) is 6.13. The highest BCUT2D eigenvalue weighted by Gasteiger charge is 2.21. The zero-order valence-electron chi connectivity index (χ0n) is 16.6. The van der Waals surface area contributed by atoms with Gasteiger partial charge in [-0.25, -0.2) is 14.4 Å². The summed E-state index contributed by atoms with van der Waals surface area (Å²) in [5.41, 5.74) is 0.804. The highest BCUT2D eigenvalue weighted by Crippen LogP contribution is 2.37. The largest absolute Gasteiger partial charge is 0.493 e. The number of hydrogen-bond donors (Lipinski definition) is 1. The van der Waals surface area contributed by atoms with Gasteiger partial charge in [0.15, 0.2) is 17.3 Å². The fraction of sp³-hybridized carbons (Fsp3) is 0.333. The van der Waals surface area contributed by atoms with E-state index in [0.717, 1.165) is 25.9 Å². The highest BCUT2D eigenvalue weighted by atomic mass is 35.5. The van der Waals surface area contributed by atoms with Gasteiger partial charge in [-0.3, -0.25) is 0 Å². The molecule has 0 saturated carbocycles. The van der Waals surface area contributed by atoms with Gasteiger partial charge >= 0.3 is 0 Å². The van der Waals surface area contributed by atoms with Gasteiger partial charge in [-0.1, -0.05) is 23.2 Å². The zero-order valence-corrected chi connectivity index (χ0v) is 18.1. The third-order valence-corrected chi connectivity index (χ3v) is 5.95. The van der Waals surface area contributed by atoms with E-state index >= 15 is 0 Å². The normalized spacial score (nSPS) is 15.4. The maximum Gasteiger partial charge on any atom is 0.166 e. The third kappa shape index (κ3) is 4.24. The molecule has 1 N–H and O–H groups in total. The second-order valence-electron chi connectivity index (χ2n) is 7.21. The van der Waals surface area contributed by atoms with Crippen molar-refractivity contribution in [2.45, 2.75) is 18.9 Å². The molecule has 0 radical (unpaired) electrons. The lowest BCUT2D eigenvalue weighted by Gasteiger charge is -2.29. The van der Waals surface area contributed by atoms with Crippen LogP contribution < -0.4 is 14.8 Å². The number of anilines is 2. The molecule has 0 amide bonds. The van der Waals surface area contributed by atoms with Crippen LogP contribution in [0, 0.1) is 5.82 Å². The maximum atomic E-state index is 14.5. The molecular formula is C21H21Cl2FN4O2. The number of nitrogens with zero attached hydrogens (tertiary/aromatic N) is 3. The molecule has 0 bridgehead atoms. The number of nitrogens with one attached hydrogen (secondary N) is 1. The summed E-state index contributed by atoms with van der Waals surface area (Å²) >= 11 is 11.8. The van der Waals surface area contributed by atoms with Crippen molar-refractivity contribution in [1.82, 2.24) is 14.9 Å². The van der Waals surface area contributed by atoms with Crippen LogP contribution in [0.25, 0.3) is 10.9 Å². The number of piperidine rings is 1. The number of benzene rings is 2. The van der Waals surface area contributed by atoms with E-state index in [4.69, 9.17) is 32.7 Å². The van der Waals surface area contributed by atoms with Gasteiger partial charge in [-0.2, -0.15) is 0 Å². The Morgan fingerprint density at radius 1 is 1.13 bits per heavy atom. The van der Waals surface area contributed by atoms with Crippen LogP contribution in [-0.4, -0.2) is 48.2 Å². The molecule has 0 atom stereocenters. The van der Waals surface area contributed by atoms with Crippen molar-refractivity contribution in [2.24, 2.45) is 0 Å². The molecule has 1 saturated heterocycles. The molecule has 0 aliphatic carbocycles. The number of rotatable bonds is 5. The summed E-state index contributed by atoms with van der Waals surface area (Å²) < 4.78 is 26.3. The van der Waals surface area contributed by atoms with E-state index in [2.05, 4.69) is 27.2 Å². The van der Waals surface area contributed by atoms with Crippen LogP contribution >= 0.6 is 23.2 Å². The van der Waals surface area contributed by atoms with Crippen LogP contribution in [-0.2, 0) is 0 Å². The Morgan fingerprint density at radius 3 is 2.63 bits per heavy atom. The van der Waals surface area contributed by atoms with Gasteiger partial charge in [0.1, 0.15) is 18.2 Å². The van der Waals surface area contributed by atoms with Crippen molar-refractivity contribution >= 4 is 45.6 Å². The van der Waals surface area contributed by atoms with Gasteiger partial charge in [-0.15, -0.1) is 0 Å². The first-order valence-corrected chi connectivity index (χ1v) is 10.3. The van der Waals surface area contributed by atoms with Crippen LogP contribution in [0.2, 0.25) is 10.0 Å². The maximum absolute atomic E-state index is 14.5. The second kappa shape index (κ2) is 8.79. The lowest BCUT2D eigenvalue weighted by atomic mass is 10.1. The lowest BCUT2D eigenvalue weighted by molar-refractivity contribution is 0.111. The van der Waals surface area contributed by atoms with Gasteiger partial charge in [0.2, 0.25) is 0 Å². The van der Waals surface area contributed by atoms with Crippen LogP contribution in [0.1, 0.15) is 12.8 Å². The minimum absolute atomic E-state index is 0.0982. The first-order chi connectivity index (χ1) is 14.5. The van der Waals surface area contributed by atoms with Gasteiger partial charge in [0.25, 0.3) is 0 Å². The Morgan fingerprint density at radius 2 is 1.90 bits per heavy atom. The second-order valence-corrected chi connectivity index (χ2v) is 8.00. The number of aromatic nitrogens is 2. The smallest absolute Gasteiger partial charge is 0.166 e. The quantitative estimate of drug-likeness (QED) is 0.532. The standard InChI is InChI=1S/C21H21Cl2FN4O2/c1-28-7-5-12(6-8-28)30-18-9-13-16(10-17(18)29-2)25-11-26-21(13)27-15-4-3-14(22)19(23)20(15)24/h3-4,9-12H,5-8H2,1-2H3,(H,25,26,27). The van der Waals surface area contributed by atoms with Gasteiger partial charge in [0, 0.05) is 24.5 Å². The van der Waals surface area contributed by atoms with Crippen molar-refractivity contribution in [3.63, 3.8) is 0 Å². The summed E-state index contributed by atoms with van der Waals surface area (Å²) in [5.74, 6) is 0.971. The molecule has 2 heterocycles. The van der Waals surface area contributed by atoms with Crippen molar-refractivity contribution in [2.75, 3.05) is 32.6 Å². The highest BCUT2D eigenvalue weighted by molar-refractivity contribution is 6.42. The third-order valence-electron chi connectivity index (χ3n) is 5.17. The molecule has 0 spiro atoms. The van der Waals surface area contributed by atoms with Crippen LogP contribution in [0.15, 0.2) is 30.6 Å². The Labute approximate surface area is 183 Å². The number of fused-ring (bicyclic) bond motifs is 1. The summed E-state index contributed by atoms with van der Waals surface area (Å²) in [4.78, 5) is 10.9. The van der Waals surface area contributed by atoms with Crippen LogP contribution in [0.3, 0.4) is 0 Å². The first-order valence-electron chi connectivity index (χ1n) is 9.54. The predicted octanol–water partition coefficient (Wildman–Crippen LogP) is 5.30. The van der Waals surface area contributed by atoms with E-state index in [0.29, 0.717) is 28.2 Å². The molecule has 9 heteroatoms. The average Bonchev–Trinajstić information content (AvgIpc) is 2.75. The summed E-state index contributed by atoms with van der Waals surface area (Å²) in [7, 11) is 3.69. The molecule has 158 valence electrons. The van der Waals surface area contributed by atoms with E-state index in [1.165, 1.54) is 18.5 Å². The van der Waals surface area contributed by atoms with Crippen LogP contribution in [0.5, 0.6) is 11.5 Å². The molecule has 6 nitrogen and oxygen atoms in total. The van der Waals surface area contributed by atoms with E-state index in [-0.39, 0.29) is 21.8 Å². The molecule has 3 aromatic rings. The molecule has 1 aliphatic heterocycles. The minimum atomic E-state index is -0.646. The number of methoxy groups -OCH3 is 1. The fourth-order valence-corrected chi connectivity index (χ4v) is 3.76. The molecule has 0 unspecified atom stereocenters. The van der Waals surface area contributed by atoms with E-state index in [1.54, 1.807) is 13.2 Å². The summed E-state index contributed by atoms with van der Waals surface area (Å²) in [5, 5.41) is 3.66. The number of ether oxygens (including phenoxy) is 2. The van der Waals surface area contributed by atoms with Crippen molar-refractivity contribution in [3.8, 4) is 11.5 Å². The topological polar surface area (TPSA) is 59.5 Å². The van der Waals surface area contributed by atoms with Crippen molar-refractivity contribution in [1.29, 1.82) is 0 Å². The van der Waals surface area contributed by atoms with E-state index in [9.17, 15) is 4.39 Å². The lowest BCUT2D eigenvalue weighted by Crippen LogP contribution is -2.35. The fourth-order valence-electron chi connectivity index (χ4n) is 3.45. The average molecular weight is 451 g/mol. The molecule has 1 aliphatic rings. The number of halogens is 3. The van der Waals surface area contributed by atoms with E-state index in [1.807, 2.05) is 6.07 Å². The predicted molar refractivity (Wildman–Crippen MR) is 117 cm³/mol. The summed E-state index contributed by atoms with van der Waals surface area (Å²) in [6.07, 6.45) is 3.36. The molecule has 4 rings (SSSR count). The summed E-state index contributed by atoms with van der Waals surface area (Å²) in [6, 6.07) is 6.65. The molecular weight excluding hydrogens is 430 g/mol. The molecule has 2 aromatic carbocycles. The Hall–Kier alpha value is -2.35. The Balaban J connectivity index is 1.70. The monoisotopic (exact) mass is 450 g/mol. The number of hydrogen-bond acceptors (Lipinski definition) is 6. The Bertz CT molecular complexity index is 1070. The van der Waals surface area contributed by atoms with Gasteiger partial charge in [0.05, 0.1) is 28.4 Å². The van der Waals surface area contributed by atoms with E-state index < -0.39 is 5.82 Å². The minimum Gasteiger partial charge on any atom is -0.493 e. The molecule has 30 heavy (non-hydrogen) atoms. The van der Waals surface area contributed by atoms with Gasteiger partial charge < -0.3 is 19.7 Å². The van der Waals surface area contributed by atoms with Crippen LogP contribution in [0.4, 0.5) is 15.9 Å². The summed E-state index contributed by atoms with van der Waals surface area (Å²) in [6.45, 7) is 1.96. The number of likely N-dealkylation sites (tertiary alicyclic amines) is 1. The zero-order chi connectivity index (χ0) is 21.3. The first kappa shape index (κ1) is 20.9. The van der Waals surface area contributed by atoms with Gasteiger partial charge in [-0.05, 0) is 38.1 Å². The molecule has 1 fully saturated rings. The SMILES string of the molecule is COc1cc2ncnc(Nc3ccc(Cl)c(Cl)c3F)c2cc1OC1CCN(C)CC1. The van der Waals surface area contributed by atoms with Crippen molar-refractivity contribution in [3.05, 3.63) is 46.5 Å². The molecule has 1 aromatic heterocycles.